The fourth-order valence-corrected chi connectivity index (χ4v) is 5.59. The van der Waals surface area contributed by atoms with Gasteiger partial charge in [-0.2, -0.15) is 4.31 Å². The van der Waals surface area contributed by atoms with Crippen LogP contribution in [0.3, 0.4) is 0 Å². The third kappa shape index (κ3) is 6.62. The summed E-state index contributed by atoms with van der Waals surface area (Å²) in [6.07, 6.45) is 5.05. The largest absolute Gasteiger partial charge is 0.492 e. The Morgan fingerprint density at radius 3 is 2.54 bits per heavy atom. The maximum atomic E-state index is 12.6. The number of likely N-dealkylation sites (tertiary alicyclic amines) is 1. The standard InChI is InChI=1S/C23H34N4O7S/c1-23(7-8-23)34-22(30)25-9-5-18(6-10-25)17-33-19-3-4-20(24-15-19)27-12-11-26(16-21(27)29)35(31,32)14-2-13-28/h3-4,15,18,28H,2,5-14,16-17H2,1H3. The Bertz CT molecular complexity index is 1010. The molecular weight excluding hydrogens is 476 g/mol. The number of pyridine rings is 1. The van der Waals surface area contributed by atoms with Crippen molar-refractivity contribution in [2.24, 2.45) is 5.92 Å². The zero-order chi connectivity index (χ0) is 25.1. The van der Waals surface area contributed by atoms with Crippen LogP contribution in [0.1, 0.15) is 39.0 Å². The summed E-state index contributed by atoms with van der Waals surface area (Å²) in [4.78, 5) is 32.4. The van der Waals surface area contributed by atoms with Crippen molar-refractivity contribution in [3.63, 3.8) is 0 Å². The number of aliphatic hydroxyl groups is 1. The molecule has 11 nitrogen and oxygen atoms in total. The molecule has 3 fully saturated rings. The fraction of sp³-hybridized carbons (Fsp3) is 0.696. The van der Waals surface area contributed by atoms with Crippen molar-refractivity contribution in [1.29, 1.82) is 0 Å². The van der Waals surface area contributed by atoms with Crippen LogP contribution < -0.4 is 9.64 Å². The summed E-state index contributed by atoms with van der Waals surface area (Å²) in [6.45, 7) is 3.75. The molecule has 12 heteroatoms. The van der Waals surface area contributed by atoms with Gasteiger partial charge in [-0.3, -0.25) is 9.69 Å². The van der Waals surface area contributed by atoms with Gasteiger partial charge in [0, 0.05) is 32.8 Å². The second-order valence-corrected chi connectivity index (χ2v) is 11.8. The Morgan fingerprint density at radius 2 is 1.94 bits per heavy atom. The zero-order valence-electron chi connectivity index (χ0n) is 20.1. The topological polar surface area (TPSA) is 130 Å². The molecular formula is C23H34N4O7S. The van der Waals surface area contributed by atoms with Crippen LogP contribution in [0.4, 0.5) is 10.6 Å². The van der Waals surface area contributed by atoms with Gasteiger partial charge in [-0.15, -0.1) is 0 Å². The van der Waals surface area contributed by atoms with E-state index >= 15 is 0 Å². The van der Waals surface area contributed by atoms with E-state index in [0.717, 1.165) is 30.0 Å². The van der Waals surface area contributed by atoms with Gasteiger partial charge in [-0.25, -0.2) is 18.2 Å². The highest BCUT2D eigenvalue weighted by Gasteiger charge is 2.43. The van der Waals surface area contributed by atoms with Gasteiger partial charge in [-0.05, 0) is 57.1 Å². The first-order chi connectivity index (χ1) is 16.7. The number of piperidine rings is 1. The number of hydrogen-bond acceptors (Lipinski definition) is 8. The number of sulfonamides is 1. The van der Waals surface area contributed by atoms with Crippen LogP contribution in [0.2, 0.25) is 0 Å². The van der Waals surface area contributed by atoms with Gasteiger partial charge in [0.05, 0.1) is 25.1 Å². The van der Waals surface area contributed by atoms with Gasteiger partial charge in [0.1, 0.15) is 17.2 Å². The molecule has 1 aromatic heterocycles. The SMILES string of the molecule is CC1(OC(=O)N2CCC(COc3ccc(N4CCN(S(=O)(=O)CCCO)CC4=O)nc3)CC2)CC1. The van der Waals surface area contributed by atoms with E-state index in [9.17, 15) is 18.0 Å². The minimum Gasteiger partial charge on any atom is -0.492 e. The molecule has 0 radical (unpaired) electrons. The van der Waals surface area contributed by atoms with Crippen LogP contribution in [-0.2, 0) is 19.6 Å². The molecule has 2 aliphatic heterocycles. The summed E-state index contributed by atoms with van der Waals surface area (Å²) in [6, 6.07) is 3.45. The summed E-state index contributed by atoms with van der Waals surface area (Å²) < 4.78 is 37.1. The second kappa shape index (κ2) is 10.7. The smallest absolute Gasteiger partial charge is 0.410 e. The number of carbonyl (C=O) groups excluding carboxylic acids is 2. The lowest BCUT2D eigenvalue weighted by atomic mass is 9.98. The Morgan fingerprint density at radius 1 is 1.20 bits per heavy atom. The van der Waals surface area contributed by atoms with Crippen LogP contribution in [-0.4, -0.2) is 97.0 Å². The molecule has 2 saturated heterocycles. The summed E-state index contributed by atoms with van der Waals surface area (Å²) >= 11 is 0. The van der Waals surface area contributed by atoms with E-state index in [1.54, 1.807) is 23.2 Å². The van der Waals surface area contributed by atoms with Gasteiger partial charge < -0.3 is 19.5 Å². The van der Waals surface area contributed by atoms with Gasteiger partial charge in [0.25, 0.3) is 0 Å². The third-order valence-corrected chi connectivity index (χ3v) is 8.69. The highest BCUT2D eigenvalue weighted by atomic mass is 32.2. The number of nitrogens with zero attached hydrogens (tertiary/aromatic N) is 4. The molecule has 0 unspecified atom stereocenters. The Labute approximate surface area is 206 Å². The molecule has 2 amide bonds. The van der Waals surface area contributed by atoms with Crippen molar-refractivity contribution in [2.45, 2.75) is 44.6 Å². The minimum absolute atomic E-state index is 0.144. The maximum Gasteiger partial charge on any atom is 0.410 e. The number of aromatic nitrogens is 1. The molecule has 3 heterocycles. The Kier molecular flexibility index (Phi) is 7.82. The Balaban J connectivity index is 1.21. The predicted molar refractivity (Wildman–Crippen MR) is 128 cm³/mol. The first kappa shape index (κ1) is 25.6. The molecule has 0 bridgehead atoms. The first-order valence-corrected chi connectivity index (χ1v) is 13.8. The normalized spacial score (nSPS) is 21.1. The summed E-state index contributed by atoms with van der Waals surface area (Å²) in [5.74, 6) is 0.855. The number of aliphatic hydroxyl groups excluding tert-OH is 1. The number of piperazine rings is 1. The molecule has 1 aliphatic carbocycles. The number of amides is 2. The molecule has 3 aliphatic rings. The molecule has 4 rings (SSSR count). The lowest BCUT2D eigenvalue weighted by molar-refractivity contribution is -0.120. The zero-order valence-corrected chi connectivity index (χ0v) is 20.9. The number of rotatable bonds is 9. The molecule has 0 atom stereocenters. The average molecular weight is 511 g/mol. The van der Waals surface area contributed by atoms with Crippen molar-refractivity contribution in [3.8, 4) is 5.75 Å². The molecule has 1 N–H and O–H groups in total. The number of anilines is 1. The molecule has 1 saturated carbocycles. The van der Waals surface area contributed by atoms with Gasteiger partial charge >= 0.3 is 6.09 Å². The number of hydrogen-bond donors (Lipinski definition) is 1. The van der Waals surface area contributed by atoms with Gasteiger partial charge in [0.15, 0.2) is 0 Å². The second-order valence-electron chi connectivity index (χ2n) is 9.68. The molecule has 194 valence electrons. The highest BCUT2D eigenvalue weighted by molar-refractivity contribution is 7.89. The number of carbonyl (C=O) groups is 2. The van der Waals surface area contributed by atoms with Gasteiger partial charge in [0.2, 0.25) is 15.9 Å². The lowest BCUT2D eigenvalue weighted by Crippen LogP contribution is -2.53. The van der Waals surface area contributed by atoms with E-state index < -0.39 is 10.0 Å². The van der Waals surface area contributed by atoms with E-state index in [0.29, 0.717) is 37.2 Å². The molecule has 1 aromatic rings. The van der Waals surface area contributed by atoms with E-state index in [4.69, 9.17) is 14.6 Å². The Hall–Kier alpha value is -2.44. The first-order valence-electron chi connectivity index (χ1n) is 12.1. The fourth-order valence-electron chi connectivity index (χ4n) is 4.17. The van der Waals surface area contributed by atoms with Crippen LogP contribution in [0.5, 0.6) is 5.75 Å². The van der Waals surface area contributed by atoms with E-state index in [2.05, 4.69) is 4.98 Å². The van der Waals surface area contributed by atoms with E-state index in [1.807, 2.05) is 6.92 Å². The predicted octanol–water partition coefficient (Wildman–Crippen LogP) is 1.22. The molecule has 35 heavy (non-hydrogen) atoms. The van der Waals surface area contributed by atoms with Crippen molar-refractivity contribution in [3.05, 3.63) is 18.3 Å². The highest BCUT2D eigenvalue weighted by Crippen LogP contribution is 2.39. The summed E-state index contributed by atoms with van der Waals surface area (Å²) in [5, 5.41) is 8.88. The van der Waals surface area contributed by atoms with Crippen LogP contribution in [0.15, 0.2) is 18.3 Å². The van der Waals surface area contributed by atoms with Crippen LogP contribution in [0, 0.1) is 5.92 Å². The number of ether oxygens (including phenoxy) is 2. The average Bonchev–Trinajstić information content (AvgIpc) is 3.58. The third-order valence-electron chi connectivity index (χ3n) is 6.78. The van der Waals surface area contributed by atoms with Crippen molar-refractivity contribution >= 4 is 27.8 Å². The van der Waals surface area contributed by atoms with Gasteiger partial charge in [-0.1, -0.05) is 0 Å². The van der Waals surface area contributed by atoms with E-state index in [1.165, 1.54) is 4.90 Å². The summed E-state index contributed by atoms with van der Waals surface area (Å²) in [7, 11) is -3.57. The van der Waals surface area contributed by atoms with Crippen molar-refractivity contribution < 1.29 is 32.6 Å². The van der Waals surface area contributed by atoms with Crippen LogP contribution in [0.25, 0.3) is 0 Å². The summed E-state index contributed by atoms with van der Waals surface area (Å²) in [5.41, 5.74) is -0.258. The monoisotopic (exact) mass is 510 g/mol. The molecule has 0 spiro atoms. The van der Waals surface area contributed by atoms with Crippen LogP contribution >= 0.6 is 0 Å². The quantitative estimate of drug-likeness (QED) is 0.525. The van der Waals surface area contributed by atoms with Crippen molar-refractivity contribution in [1.82, 2.24) is 14.2 Å². The molecule has 0 aromatic carbocycles. The lowest BCUT2D eigenvalue weighted by Gasteiger charge is -2.33. The maximum absolute atomic E-state index is 12.6. The van der Waals surface area contributed by atoms with E-state index in [-0.39, 0.29) is 56.0 Å². The minimum atomic E-state index is -3.57. The van der Waals surface area contributed by atoms with Crippen molar-refractivity contribution in [2.75, 3.05) is 56.6 Å².